The second kappa shape index (κ2) is 9.42. The molecule has 1 atom stereocenters. The molecule has 1 aliphatic rings. The second-order valence-electron chi connectivity index (χ2n) is 7.24. The van der Waals surface area contributed by atoms with Crippen LogP contribution in [0.3, 0.4) is 0 Å². The lowest BCUT2D eigenvalue weighted by molar-refractivity contribution is -0.119. The van der Waals surface area contributed by atoms with Crippen molar-refractivity contribution < 1.29 is 9.59 Å². The van der Waals surface area contributed by atoms with E-state index in [1.807, 2.05) is 54.6 Å². The highest BCUT2D eigenvalue weighted by Crippen LogP contribution is 2.27. The Bertz CT molecular complexity index is 1200. The molecule has 0 aromatic heterocycles. The van der Waals surface area contributed by atoms with Crippen molar-refractivity contribution >= 4 is 46.5 Å². The molecule has 1 heterocycles. The number of anilines is 1. The number of aliphatic imine (C=N–C) groups is 1. The van der Waals surface area contributed by atoms with E-state index in [0.29, 0.717) is 15.8 Å². The van der Waals surface area contributed by atoms with Crippen LogP contribution in [0.4, 0.5) is 10.5 Å². The van der Waals surface area contributed by atoms with Gasteiger partial charge in [-0.25, -0.2) is 9.79 Å². The minimum Gasteiger partial charge on any atom is -0.334 e. The van der Waals surface area contributed by atoms with Gasteiger partial charge in [-0.2, -0.15) is 0 Å². The Morgan fingerprint density at radius 2 is 1.72 bits per heavy atom. The van der Waals surface area contributed by atoms with Crippen molar-refractivity contribution in [3.8, 4) is 0 Å². The summed E-state index contributed by atoms with van der Waals surface area (Å²) in [6.07, 6.45) is -1.09. The molecule has 1 aliphatic heterocycles. The van der Waals surface area contributed by atoms with Crippen LogP contribution in [0.2, 0.25) is 10.0 Å². The molecule has 0 fully saturated rings. The van der Waals surface area contributed by atoms with Gasteiger partial charge in [-0.3, -0.25) is 4.79 Å². The van der Waals surface area contributed by atoms with Gasteiger partial charge in [-0.05, 0) is 23.8 Å². The van der Waals surface area contributed by atoms with Crippen LogP contribution in [0.1, 0.15) is 16.7 Å². The largest absolute Gasteiger partial charge is 0.334 e. The van der Waals surface area contributed by atoms with E-state index >= 15 is 0 Å². The predicted octanol–water partition coefficient (Wildman–Crippen LogP) is 4.63. The Balaban J connectivity index is 1.59. The number of nitrogens with zero attached hydrogens (tertiary/aromatic N) is 2. The van der Waals surface area contributed by atoms with E-state index in [2.05, 4.69) is 15.6 Å². The summed E-state index contributed by atoms with van der Waals surface area (Å²) < 4.78 is 0. The number of hydrogen-bond donors (Lipinski definition) is 2. The first-order valence-corrected chi connectivity index (χ1v) is 10.7. The molecule has 162 valence electrons. The number of carbonyl (C=O) groups excluding carboxylic acids is 2. The summed E-state index contributed by atoms with van der Waals surface area (Å²) in [6, 6.07) is 21.7. The number of para-hydroxylation sites is 1. The molecule has 2 N–H and O–H groups in total. The molecule has 6 nitrogen and oxygen atoms in total. The second-order valence-corrected chi connectivity index (χ2v) is 8.05. The third kappa shape index (κ3) is 4.61. The van der Waals surface area contributed by atoms with Crippen molar-refractivity contribution in [1.82, 2.24) is 10.6 Å². The van der Waals surface area contributed by atoms with Gasteiger partial charge in [0.25, 0.3) is 5.91 Å². The van der Waals surface area contributed by atoms with Crippen LogP contribution in [0.25, 0.3) is 0 Å². The normalized spacial score (nSPS) is 15.5. The number of carbonyl (C=O) groups is 2. The van der Waals surface area contributed by atoms with Crippen molar-refractivity contribution in [2.24, 2.45) is 4.99 Å². The number of benzodiazepines with no additional fused rings is 1. The fraction of sp³-hybridized carbons (Fsp3) is 0.125. The van der Waals surface area contributed by atoms with Crippen LogP contribution in [0.15, 0.2) is 77.8 Å². The first kappa shape index (κ1) is 21.9. The minimum atomic E-state index is -1.09. The van der Waals surface area contributed by atoms with Crippen molar-refractivity contribution in [3.05, 3.63) is 99.5 Å². The Kier molecular flexibility index (Phi) is 6.44. The Morgan fingerprint density at radius 3 is 2.47 bits per heavy atom. The lowest BCUT2D eigenvalue weighted by Crippen LogP contribution is -2.49. The van der Waals surface area contributed by atoms with Crippen LogP contribution >= 0.6 is 23.2 Å². The zero-order valence-corrected chi connectivity index (χ0v) is 18.7. The molecule has 3 amide bonds. The smallest absolute Gasteiger partial charge is 0.317 e. The number of rotatable bonds is 4. The summed E-state index contributed by atoms with van der Waals surface area (Å²) >= 11 is 12.0. The topological polar surface area (TPSA) is 73.8 Å². The van der Waals surface area contributed by atoms with Gasteiger partial charge in [0.05, 0.1) is 21.4 Å². The van der Waals surface area contributed by atoms with E-state index in [4.69, 9.17) is 23.2 Å². The van der Waals surface area contributed by atoms with E-state index in [9.17, 15) is 9.59 Å². The van der Waals surface area contributed by atoms with E-state index in [1.165, 1.54) is 4.90 Å². The zero-order chi connectivity index (χ0) is 22.7. The van der Waals surface area contributed by atoms with Crippen molar-refractivity contribution in [2.45, 2.75) is 12.7 Å². The summed E-state index contributed by atoms with van der Waals surface area (Å²) in [7, 11) is 1.67. The van der Waals surface area contributed by atoms with Crippen LogP contribution < -0.4 is 15.5 Å². The average Bonchev–Trinajstić information content (AvgIpc) is 2.91. The highest BCUT2D eigenvalue weighted by Gasteiger charge is 2.30. The zero-order valence-electron chi connectivity index (χ0n) is 17.2. The first-order valence-electron chi connectivity index (χ1n) is 9.92. The molecule has 0 saturated heterocycles. The third-order valence-electron chi connectivity index (χ3n) is 5.10. The highest BCUT2D eigenvalue weighted by atomic mass is 35.5. The molecule has 8 heteroatoms. The maximum Gasteiger partial charge on any atom is 0.317 e. The number of hydrogen-bond acceptors (Lipinski definition) is 3. The molecule has 1 unspecified atom stereocenters. The van der Waals surface area contributed by atoms with Crippen LogP contribution in [0, 0.1) is 0 Å². The molecular weight excluding hydrogens is 447 g/mol. The summed E-state index contributed by atoms with van der Waals surface area (Å²) in [4.78, 5) is 31.9. The third-order valence-corrected chi connectivity index (χ3v) is 5.83. The fourth-order valence-corrected chi connectivity index (χ4v) is 3.77. The number of fused-ring (bicyclic) bond motifs is 1. The Hall–Kier alpha value is -3.35. The van der Waals surface area contributed by atoms with Gasteiger partial charge in [0.2, 0.25) is 6.17 Å². The molecule has 0 spiro atoms. The lowest BCUT2D eigenvalue weighted by atomic mass is 10.0. The Morgan fingerprint density at radius 1 is 1.00 bits per heavy atom. The highest BCUT2D eigenvalue weighted by molar-refractivity contribution is 6.42. The summed E-state index contributed by atoms with van der Waals surface area (Å²) in [6.45, 7) is 0.217. The van der Waals surface area contributed by atoms with Crippen molar-refractivity contribution in [3.63, 3.8) is 0 Å². The molecule has 3 aromatic rings. The average molecular weight is 467 g/mol. The quantitative estimate of drug-likeness (QED) is 0.587. The molecule has 3 aromatic carbocycles. The molecule has 0 saturated carbocycles. The molecular formula is C24H20Cl2N4O2. The van der Waals surface area contributed by atoms with Gasteiger partial charge < -0.3 is 15.5 Å². The summed E-state index contributed by atoms with van der Waals surface area (Å²) in [5, 5.41) is 6.26. The van der Waals surface area contributed by atoms with Crippen LogP contribution in [-0.4, -0.2) is 30.9 Å². The standard InChI is InChI=1S/C24H20Cl2N4O2/c1-30-20-10-6-5-9-17(20)21(16-7-3-2-4-8-16)28-22(23(30)31)29-24(32)27-14-15-11-12-18(25)19(26)13-15/h2-13,22H,14H2,1H3,(H2,27,29,32). The first-order chi connectivity index (χ1) is 15.4. The lowest BCUT2D eigenvalue weighted by Gasteiger charge is -2.21. The van der Waals surface area contributed by atoms with Gasteiger partial charge in [0.1, 0.15) is 0 Å². The summed E-state index contributed by atoms with van der Waals surface area (Å²) in [5.74, 6) is -0.340. The predicted molar refractivity (Wildman–Crippen MR) is 128 cm³/mol. The van der Waals surface area contributed by atoms with Crippen molar-refractivity contribution in [1.29, 1.82) is 0 Å². The SMILES string of the molecule is CN1C(=O)C(NC(=O)NCc2ccc(Cl)c(Cl)c2)N=C(c2ccccc2)c2ccccc21. The number of amides is 3. The van der Waals surface area contributed by atoms with Crippen molar-refractivity contribution in [2.75, 3.05) is 11.9 Å². The minimum absolute atomic E-state index is 0.217. The molecule has 32 heavy (non-hydrogen) atoms. The maximum absolute atomic E-state index is 13.1. The van der Waals surface area contributed by atoms with Gasteiger partial charge in [0.15, 0.2) is 0 Å². The van der Waals surface area contributed by atoms with E-state index in [1.54, 1.807) is 25.2 Å². The number of likely N-dealkylation sites (N-methyl/N-ethyl adjacent to an activating group) is 1. The van der Waals surface area contributed by atoms with Crippen LogP contribution in [-0.2, 0) is 11.3 Å². The molecule has 4 rings (SSSR count). The number of benzene rings is 3. The van der Waals surface area contributed by atoms with Crippen LogP contribution in [0.5, 0.6) is 0 Å². The van der Waals surface area contributed by atoms with E-state index in [0.717, 1.165) is 22.4 Å². The number of nitrogens with one attached hydrogen (secondary N) is 2. The van der Waals surface area contributed by atoms with E-state index < -0.39 is 12.2 Å². The van der Waals surface area contributed by atoms with Gasteiger partial charge in [-0.1, -0.05) is 77.8 Å². The van der Waals surface area contributed by atoms with E-state index in [-0.39, 0.29) is 12.5 Å². The molecule has 0 aliphatic carbocycles. The Labute approximate surface area is 195 Å². The molecule has 0 radical (unpaired) electrons. The van der Waals surface area contributed by atoms with Gasteiger partial charge >= 0.3 is 6.03 Å². The van der Waals surface area contributed by atoms with Gasteiger partial charge in [-0.15, -0.1) is 0 Å². The van der Waals surface area contributed by atoms with Gasteiger partial charge in [0, 0.05) is 24.7 Å². The number of halogens is 2. The monoisotopic (exact) mass is 466 g/mol. The fourth-order valence-electron chi connectivity index (χ4n) is 3.45. The molecule has 0 bridgehead atoms. The number of urea groups is 1. The summed E-state index contributed by atoms with van der Waals surface area (Å²) in [5.41, 5.74) is 3.80. The maximum atomic E-state index is 13.1.